The van der Waals surface area contributed by atoms with Crippen LogP contribution < -0.4 is 0 Å². The molecule has 2 nitrogen and oxygen atoms in total. The van der Waals surface area contributed by atoms with E-state index in [4.69, 9.17) is 0 Å². The van der Waals surface area contributed by atoms with Gasteiger partial charge in [0, 0.05) is 13.1 Å². The van der Waals surface area contributed by atoms with E-state index in [1.54, 1.807) is 0 Å². The first kappa shape index (κ1) is 8.02. The van der Waals surface area contributed by atoms with Crippen LogP contribution in [0, 0.1) is 5.92 Å². The molecule has 1 aliphatic heterocycles. The summed E-state index contributed by atoms with van der Waals surface area (Å²) >= 11 is 0. The number of aliphatic hydroxyl groups is 1. The molecule has 0 amide bonds. The van der Waals surface area contributed by atoms with Gasteiger partial charge in [-0.15, -0.1) is 0 Å². The molecule has 0 aromatic carbocycles. The molecule has 0 aliphatic carbocycles. The Hall–Kier alpha value is -0.0800. The molecule has 0 saturated carbocycles. The minimum atomic E-state index is -0.151. The lowest BCUT2D eigenvalue weighted by molar-refractivity contribution is 0.0309. The van der Waals surface area contributed by atoms with Crippen LogP contribution in [0.15, 0.2) is 0 Å². The molecular weight excluding hydrogens is 126 g/mol. The fraction of sp³-hybridized carbons (Fsp3) is 1.00. The van der Waals surface area contributed by atoms with Crippen LogP contribution in [0.1, 0.15) is 26.7 Å². The molecule has 0 radical (unpaired) electrons. The summed E-state index contributed by atoms with van der Waals surface area (Å²) in [6.07, 6.45) is 1.98. The van der Waals surface area contributed by atoms with Gasteiger partial charge in [-0.3, -0.25) is 4.90 Å². The van der Waals surface area contributed by atoms with Crippen molar-refractivity contribution in [1.29, 1.82) is 0 Å². The lowest BCUT2D eigenvalue weighted by atomic mass is 10.2. The molecule has 1 saturated heterocycles. The molecule has 1 N–H and O–H groups in total. The molecule has 10 heavy (non-hydrogen) atoms. The minimum absolute atomic E-state index is 0.151. The third-order valence-electron chi connectivity index (χ3n) is 1.93. The van der Waals surface area contributed by atoms with Gasteiger partial charge < -0.3 is 5.11 Å². The summed E-state index contributed by atoms with van der Waals surface area (Å²) in [6.45, 7) is 6.50. The van der Waals surface area contributed by atoms with Gasteiger partial charge in [0.25, 0.3) is 0 Å². The number of hydrogen-bond acceptors (Lipinski definition) is 2. The Morgan fingerprint density at radius 3 is 2.70 bits per heavy atom. The molecule has 1 aliphatic rings. The normalized spacial score (nSPS) is 28.2. The van der Waals surface area contributed by atoms with Crippen LogP contribution >= 0.6 is 0 Å². The van der Waals surface area contributed by atoms with Gasteiger partial charge in [0.1, 0.15) is 6.23 Å². The van der Waals surface area contributed by atoms with Crippen LogP contribution in [-0.4, -0.2) is 29.3 Å². The molecule has 60 valence electrons. The van der Waals surface area contributed by atoms with Crippen LogP contribution in [-0.2, 0) is 0 Å². The Morgan fingerprint density at radius 1 is 1.60 bits per heavy atom. The Labute approximate surface area is 62.8 Å². The van der Waals surface area contributed by atoms with Crippen molar-refractivity contribution in [1.82, 2.24) is 4.90 Å². The van der Waals surface area contributed by atoms with Crippen molar-refractivity contribution < 1.29 is 5.11 Å². The molecule has 1 atom stereocenters. The molecular formula is C8H17NO. The first-order valence-corrected chi connectivity index (χ1v) is 4.12. The predicted molar refractivity (Wildman–Crippen MR) is 41.7 cm³/mol. The van der Waals surface area contributed by atoms with Gasteiger partial charge >= 0.3 is 0 Å². The summed E-state index contributed by atoms with van der Waals surface area (Å²) in [5.74, 6) is 0.674. The smallest absolute Gasteiger partial charge is 0.107 e. The SMILES string of the molecule is CC(C)CN1CCCC1O. The van der Waals surface area contributed by atoms with Gasteiger partial charge in [0.05, 0.1) is 0 Å². The minimum Gasteiger partial charge on any atom is -0.378 e. The summed E-state index contributed by atoms with van der Waals surface area (Å²) in [4.78, 5) is 2.16. The largest absolute Gasteiger partial charge is 0.378 e. The quantitative estimate of drug-likeness (QED) is 0.624. The van der Waals surface area contributed by atoms with Crippen molar-refractivity contribution in [3.63, 3.8) is 0 Å². The molecule has 0 aromatic heterocycles. The van der Waals surface area contributed by atoms with E-state index in [-0.39, 0.29) is 6.23 Å². The lowest BCUT2D eigenvalue weighted by Crippen LogP contribution is -2.32. The molecule has 1 unspecified atom stereocenters. The second kappa shape index (κ2) is 3.35. The van der Waals surface area contributed by atoms with Crippen LogP contribution in [0.2, 0.25) is 0 Å². The second-order valence-electron chi connectivity index (χ2n) is 3.51. The van der Waals surface area contributed by atoms with Gasteiger partial charge in [-0.05, 0) is 18.8 Å². The van der Waals surface area contributed by atoms with E-state index in [2.05, 4.69) is 18.7 Å². The molecule has 0 aromatic rings. The van der Waals surface area contributed by atoms with E-state index in [0.29, 0.717) is 5.92 Å². The summed E-state index contributed by atoms with van der Waals surface area (Å²) in [5.41, 5.74) is 0. The van der Waals surface area contributed by atoms with Gasteiger partial charge in [-0.25, -0.2) is 0 Å². The van der Waals surface area contributed by atoms with Gasteiger partial charge in [0.2, 0.25) is 0 Å². The summed E-state index contributed by atoms with van der Waals surface area (Å²) in [5, 5.41) is 9.36. The highest BCUT2D eigenvalue weighted by atomic mass is 16.3. The van der Waals surface area contributed by atoms with Gasteiger partial charge in [-0.1, -0.05) is 13.8 Å². The molecule has 1 fully saturated rings. The highest BCUT2D eigenvalue weighted by Crippen LogP contribution is 2.15. The van der Waals surface area contributed by atoms with E-state index in [1.807, 2.05) is 0 Å². The average molecular weight is 143 g/mol. The maximum absolute atomic E-state index is 9.36. The van der Waals surface area contributed by atoms with E-state index in [1.165, 1.54) is 0 Å². The van der Waals surface area contributed by atoms with E-state index >= 15 is 0 Å². The zero-order chi connectivity index (χ0) is 7.56. The van der Waals surface area contributed by atoms with Crippen LogP contribution in [0.25, 0.3) is 0 Å². The number of likely N-dealkylation sites (tertiary alicyclic amines) is 1. The van der Waals surface area contributed by atoms with E-state index in [0.717, 1.165) is 25.9 Å². The van der Waals surface area contributed by atoms with Crippen molar-refractivity contribution >= 4 is 0 Å². The van der Waals surface area contributed by atoms with Crippen molar-refractivity contribution in [2.75, 3.05) is 13.1 Å². The highest BCUT2D eigenvalue weighted by molar-refractivity contribution is 4.70. The third kappa shape index (κ3) is 1.96. The van der Waals surface area contributed by atoms with Crippen LogP contribution in [0.5, 0.6) is 0 Å². The topological polar surface area (TPSA) is 23.5 Å². The first-order valence-electron chi connectivity index (χ1n) is 4.12. The molecule has 0 spiro atoms. The standard InChI is InChI=1S/C8H17NO/c1-7(2)6-9-5-3-4-8(9)10/h7-8,10H,3-6H2,1-2H3. The fourth-order valence-electron chi connectivity index (χ4n) is 1.49. The fourth-order valence-corrected chi connectivity index (χ4v) is 1.49. The monoisotopic (exact) mass is 143 g/mol. The lowest BCUT2D eigenvalue weighted by Gasteiger charge is -2.21. The maximum Gasteiger partial charge on any atom is 0.107 e. The molecule has 0 bridgehead atoms. The maximum atomic E-state index is 9.36. The van der Waals surface area contributed by atoms with Crippen LogP contribution in [0.4, 0.5) is 0 Å². The highest BCUT2D eigenvalue weighted by Gasteiger charge is 2.21. The number of hydrogen-bond donors (Lipinski definition) is 1. The average Bonchev–Trinajstić information content (AvgIpc) is 2.15. The van der Waals surface area contributed by atoms with E-state index in [9.17, 15) is 5.11 Å². The predicted octanol–water partition coefficient (Wildman–Crippen LogP) is 1.06. The van der Waals surface area contributed by atoms with Crippen molar-refractivity contribution in [2.45, 2.75) is 32.9 Å². The Kier molecular flexibility index (Phi) is 2.69. The summed E-state index contributed by atoms with van der Waals surface area (Å²) in [7, 11) is 0. The van der Waals surface area contributed by atoms with Crippen molar-refractivity contribution in [3.05, 3.63) is 0 Å². The Morgan fingerprint density at radius 2 is 2.30 bits per heavy atom. The summed E-state index contributed by atoms with van der Waals surface area (Å²) in [6, 6.07) is 0. The first-order chi connectivity index (χ1) is 4.70. The number of rotatable bonds is 2. The zero-order valence-electron chi connectivity index (χ0n) is 6.88. The Bertz CT molecular complexity index is 103. The van der Waals surface area contributed by atoms with Crippen LogP contribution in [0.3, 0.4) is 0 Å². The second-order valence-corrected chi connectivity index (χ2v) is 3.51. The van der Waals surface area contributed by atoms with Crippen molar-refractivity contribution in [3.8, 4) is 0 Å². The molecule has 2 heteroatoms. The Balaban J connectivity index is 2.26. The van der Waals surface area contributed by atoms with E-state index < -0.39 is 0 Å². The molecule has 1 rings (SSSR count). The molecule has 1 heterocycles. The van der Waals surface area contributed by atoms with Gasteiger partial charge in [0.15, 0.2) is 0 Å². The zero-order valence-corrected chi connectivity index (χ0v) is 6.88. The summed E-state index contributed by atoms with van der Waals surface area (Å²) < 4.78 is 0. The van der Waals surface area contributed by atoms with Gasteiger partial charge in [-0.2, -0.15) is 0 Å². The number of aliphatic hydroxyl groups excluding tert-OH is 1. The van der Waals surface area contributed by atoms with Crippen molar-refractivity contribution in [2.24, 2.45) is 5.92 Å². The number of nitrogens with zero attached hydrogens (tertiary/aromatic N) is 1. The third-order valence-corrected chi connectivity index (χ3v) is 1.93.